The molecule has 0 radical (unpaired) electrons. The average Bonchev–Trinajstić information content (AvgIpc) is 2.44. The molecule has 3 nitrogen and oxygen atoms in total. The van der Waals surface area contributed by atoms with Gasteiger partial charge in [-0.1, -0.05) is 53.5 Å². The second-order valence-electron chi connectivity index (χ2n) is 4.29. The number of carbonyl (C=O) groups is 1. The first-order valence-corrected chi connectivity index (χ1v) is 6.79. The highest BCUT2D eigenvalue weighted by Crippen LogP contribution is 2.19. The van der Waals surface area contributed by atoms with Crippen molar-refractivity contribution in [2.24, 2.45) is 0 Å². The first kappa shape index (κ1) is 14.9. The van der Waals surface area contributed by atoms with Crippen molar-refractivity contribution in [3.8, 4) is 0 Å². The molecule has 0 aliphatic carbocycles. The number of benzene rings is 2. The van der Waals surface area contributed by atoms with E-state index in [1.165, 1.54) is 12.1 Å². The van der Waals surface area contributed by atoms with Crippen LogP contribution in [0.4, 0.5) is 0 Å². The zero-order valence-corrected chi connectivity index (χ0v) is 12.0. The average molecular weight is 310 g/mol. The maximum absolute atomic E-state index is 11.9. The fourth-order valence-corrected chi connectivity index (χ4v) is 2.30. The van der Waals surface area contributed by atoms with E-state index >= 15 is 0 Å². The predicted octanol–water partition coefficient (Wildman–Crippen LogP) is 3.46. The number of hydrogen-bond acceptors (Lipinski definition) is 2. The van der Waals surface area contributed by atoms with Gasteiger partial charge < -0.3 is 10.4 Å². The van der Waals surface area contributed by atoms with Gasteiger partial charge in [0.2, 0.25) is 0 Å². The van der Waals surface area contributed by atoms with Gasteiger partial charge in [0.15, 0.2) is 0 Å². The summed E-state index contributed by atoms with van der Waals surface area (Å²) in [6.07, 6.45) is -0.755. The van der Waals surface area contributed by atoms with Crippen LogP contribution in [0.2, 0.25) is 10.0 Å². The van der Waals surface area contributed by atoms with Crippen molar-refractivity contribution >= 4 is 29.1 Å². The lowest BCUT2D eigenvalue weighted by atomic mass is 10.1. The van der Waals surface area contributed by atoms with Crippen LogP contribution in [0.15, 0.2) is 48.5 Å². The lowest BCUT2D eigenvalue weighted by Gasteiger charge is -2.12. The molecule has 1 atom stereocenters. The minimum Gasteiger partial charge on any atom is -0.387 e. The summed E-state index contributed by atoms with van der Waals surface area (Å²) in [4.78, 5) is 11.9. The van der Waals surface area contributed by atoms with E-state index in [-0.39, 0.29) is 12.5 Å². The Bertz CT molecular complexity index is 582. The molecule has 0 spiro atoms. The van der Waals surface area contributed by atoms with E-state index in [0.29, 0.717) is 15.6 Å². The van der Waals surface area contributed by atoms with E-state index in [4.69, 9.17) is 23.2 Å². The van der Waals surface area contributed by atoms with Gasteiger partial charge in [-0.25, -0.2) is 0 Å². The first-order chi connectivity index (χ1) is 9.56. The largest absolute Gasteiger partial charge is 0.387 e. The number of amides is 1. The van der Waals surface area contributed by atoms with Crippen LogP contribution in [0.3, 0.4) is 0 Å². The molecule has 0 bridgehead atoms. The van der Waals surface area contributed by atoms with Crippen molar-refractivity contribution in [1.82, 2.24) is 5.32 Å². The highest BCUT2D eigenvalue weighted by Gasteiger charge is 2.11. The molecular weight excluding hydrogens is 297 g/mol. The molecule has 2 N–H and O–H groups in total. The molecule has 0 aliphatic heterocycles. The van der Waals surface area contributed by atoms with Gasteiger partial charge >= 0.3 is 0 Å². The molecule has 20 heavy (non-hydrogen) atoms. The van der Waals surface area contributed by atoms with Crippen LogP contribution in [-0.4, -0.2) is 17.6 Å². The minimum atomic E-state index is -0.755. The highest BCUT2D eigenvalue weighted by molar-refractivity contribution is 6.35. The van der Waals surface area contributed by atoms with Gasteiger partial charge in [0.1, 0.15) is 0 Å². The van der Waals surface area contributed by atoms with Crippen LogP contribution in [0.1, 0.15) is 22.0 Å². The summed E-state index contributed by atoms with van der Waals surface area (Å²) in [6.45, 7) is 0.118. The summed E-state index contributed by atoms with van der Waals surface area (Å²) in [5.74, 6) is -0.329. The molecule has 0 aliphatic rings. The normalized spacial score (nSPS) is 11.9. The maximum atomic E-state index is 11.9. The summed E-state index contributed by atoms with van der Waals surface area (Å²) in [7, 11) is 0. The standard InChI is InChI=1S/C15H13Cl2NO2/c16-12-6-11(7-13(17)8-12)15(20)18-9-14(19)10-4-2-1-3-5-10/h1-8,14,19H,9H2,(H,18,20). The molecule has 2 aromatic carbocycles. The van der Waals surface area contributed by atoms with Crippen LogP contribution in [0, 0.1) is 0 Å². The van der Waals surface area contributed by atoms with Gasteiger partial charge in [-0.3, -0.25) is 4.79 Å². The Hall–Kier alpha value is -1.55. The van der Waals surface area contributed by atoms with Gasteiger partial charge in [0, 0.05) is 22.2 Å². The molecule has 0 heterocycles. The quantitative estimate of drug-likeness (QED) is 0.908. The third kappa shape index (κ3) is 3.97. The van der Waals surface area contributed by atoms with Crippen molar-refractivity contribution < 1.29 is 9.90 Å². The molecule has 2 rings (SSSR count). The van der Waals surface area contributed by atoms with E-state index in [1.54, 1.807) is 18.2 Å². The fraction of sp³-hybridized carbons (Fsp3) is 0.133. The van der Waals surface area contributed by atoms with Crippen LogP contribution < -0.4 is 5.32 Å². The van der Waals surface area contributed by atoms with E-state index in [1.807, 2.05) is 18.2 Å². The van der Waals surface area contributed by atoms with E-state index < -0.39 is 6.10 Å². The lowest BCUT2D eigenvalue weighted by molar-refractivity contribution is 0.0916. The molecule has 1 unspecified atom stereocenters. The van der Waals surface area contributed by atoms with E-state index in [9.17, 15) is 9.90 Å². The van der Waals surface area contributed by atoms with E-state index in [2.05, 4.69) is 5.32 Å². The molecule has 0 aromatic heterocycles. The molecule has 0 saturated heterocycles. The Kier molecular flexibility index (Phi) is 5.01. The number of halogens is 2. The fourth-order valence-electron chi connectivity index (χ4n) is 1.77. The molecular formula is C15H13Cl2NO2. The Morgan fingerprint density at radius 2 is 1.70 bits per heavy atom. The number of rotatable bonds is 4. The van der Waals surface area contributed by atoms with Crippen molar-refractivity contribution in [3.05, 3.63) is 69.7 Å². The predicted molar refractivity (Wildman–Crippen MR) is 80.2 cm³/mol. The van der Waals surface area contributed by atoms with Gasteiger partial charge in [-0.05, 0) is 23.8 Å². The lowest BCUT2D eigenvalue weighted by Crippen LogP contribution is -2.28. The Labute approximate surface area is 127 Å². The summed E-state index contributed by atoms with van der Waals surface area (Å²) in [5, 5.41) is 13.4. The third-order valence-electron chi connectivity index (χ3n) is 2.77. The van der Waals surface area contributed by atoms with Gasteiger partial charge in [-0.2, -0.15) is 0 Å². The molecule has 0 fully saturated rings. The smallest absolute Gasteiger partial charge is 0.251 e. The number of nitrogens with one attached hydrogen (secondary N) is 1. The molecule has 104 valence electrons. The van der Waals surface area contributed by atoms with Gasteiger partial charge in [0.25, 0.3) is 5.91 Å². The molecule has 1 amide bonds. The Morgan fingerprint density at radius 1 is 1.10 bits per heavy atom. The maximum Gasteiger partial charge on any atom is 0.251 e. The summed E-state index contributed by atoms with van der Waals surface area (Å²) < 4.78 is 0. The van der Waals surface area contributed by atoms with Crippen LogP contribution >= 0.6 is 23.2 Å². The van der Waals surface area contributed by atoms with Crippen LogP contribution in [0.5, 0.6) is 0 Å². The monoisotopic (exact) mass is 309 g/mol. The Balaban J connectivity index is 1.98. The van der Waals surface area contributed by atoms with Crippen LogP contribution in [-0.2, 0) is 0 Å². The molecule has 5 heteroatoms. The number of carbonyl (C=O) groups excluding carboxylic acids is 1. The minimum absolute atomic E-state index is 0.118. The zero-order chi connectivity index (χ0) is 14.5. The summed E-state index contributed by atoms with van der Waals surface area (Å²) in [5.41, 5.74) is 1.11. The van der Waals surface area contributed by atoms with E-state index in [0.717, 1.165) is 5.56 Å². The topological polar surface area (TPSA) is 49.3 Å². The molecule has 0 saturated carbocycles. The summed E-state index contributed by atoms with van der Waals surface area (Å²) in [6, 6.07) is 13.7. The van der Waals surface area contributed by atoms with Gasteiger partial charge in [-0.15, -0.1) is 0 Å². The number of aliphatic hydroxyl groups excluding tert-OH is 1. The Morgan fingerprint density at radius 3 is 2.30 bits per heavy atom. The third-order valence-corrected chi connectivity index (χ3v) is 3.20. The van der Waals surface area contributed by atoms with Crippen LogP contribution in [0.25, 0.3) is 0 Å². The summed E-state index contributed by atoms with van der Waals surface area (Å²) >= 11 is 11.7. The van der Waals surface area contributed by atoms with Crippen molar-refractivity contribution in [1.29, 1.82) is 0 Å². The highest BCUT2D eigenvalue weighted by atomic mass is 35.5. The number of hydrogen-bond donors (Lipinski definition) is 2. The SMILES string of the molecule is O=C(NCC(O)c1ccccc1)c1cc(Cl)cc(Cl)c1. The molecule has 2 aromatic rings. The zero-order valence-electron chi connectivity index (χ0n) is 10.5. The number of aliphatic hydroxyl groups is 1. The first-order valence-electron chi connectivity index (χ1n) is 6.03. The van der Waals surface area contributed by atoms with Gasteiger partial charge in [0.05, 0.1) is 6.10 Å². The van der Waals surface area contributed by atoms with Crippen molar-refractivity contribution in [2.45, 2.75) is 6.10 Å². The van der Waals surface area contributed by atoms with Crippen molar-refractivity contribution in [3.63, 3.8) is 0 Å². The second kappa shape index (κ2) is 6.75. The second-order valence-corrected chi connectivity index (χ2v) is 5.17. The van der Waals surface area contributed by atoms with Crippen molar-refractivity contribution in [2.75, 3.05) is 6.54 Å².